The molecule has 0 aromatic carbocycles. The van der Waals surface area contributed by atoms with Crippen LogP contribution in [0.4, 0.5) is 0 Å². The molecule has 1 saturated heterocycles. The molecule has 0 spiro atoms. The van der Waals surface area contributed by atoms with Crippen molar-refractivity contribution in [3.8, 4) is 0 Å². The molecule has 5 heteroatoms. The Morgan fingerprint density at radius 3 is 2.67 bits per heavy atom. The topological polar surface area (TPSA) is 85.4 Å². The van der Waals surface area contributed by atoms with Crippen LogP contribution in [0.2, 0.25) is 0 Å². The van der Waals surface area contributed by atoms with Crippen molar-refractivity contribution in [3.63, 3.8) is 0 Å². The highest BCUT2D eigenvalue weighted by atomic mass is 16.7. The van der Waals surface area contributed by atoms with Gasteiger partial charge in [0.05, 0.1) is 6.61 Å². The highest BCUT2D eigenvalue weighted by molar-refractivity contribution is 5.85. The molecule has 12 heavy (non-hydrogen) atoms. The molecule has 1 aliphatic heterocycles. The lowest BCUT2D eigenvalue weighted by atomic mass is 9.85. The fourth-order valence-corrected chi connectivity index (χ4v) is 0.921. The molecule has 2 unspecified atom stereocenters. The minimum Gasteiger partial charge on any atom is -0.435 e. The van der Waals surface area contributed by atoms with Gasteiger partial charge in [0, 0.05) is 6.92 Å². The standard InChI is InChI=1S/C7H12N2O3/c1-4(10)12-6-7(2,3-11-6)5(8)9/h6H,3H2,1-2H3,(H3,8,9). The number of hydrogen-bond donors (Lipinski definition) is 2. The Labute approximate surface area is 70.3 Å². The lowest BCUT2D eigenvalue weighted by molar-refractivity contribution is -0.266. The minimum atomic E-state index is -0.688. The van der Waals surface area contributed by atoms with Gasteiger partial charge in [-0.1, -0.05) is 0 Å². The molecule has 1 heterocycles. The second-order valence-electron chi connectivity index (χ2n) is 3.08. The van der Waals surface area contributed by atoms with E-state index in [0.29, 0.717) is 6.61 Å². The fourth-order valence-electron chi connectivity index (χ4n) is 0.921. The summed E-state index contributed by atoms with van der Waals surface area (Å²) in [4.78, 5) is 10.5. The van der Waals surface area contributed by atoms with Gasteiger partial charge < -0.3 is 15.2 Å². The number of nitrogens with two attached hydrogens (primary N) is 1. The van der Waals surface area contributed by atoms with E-state index in [4.69, 9.17) is 20.6 Å². The Morgan fingerprint density at radius 1 is 1.83 bits per heavy atom. The van der Waals surface area contributed by atoms with Gasteiger partial charge >= 0.3 is 5.97 Å². The number of hydrogen-bond acceptors (Lipinski definition) is 4. The van der Waals surface area contributed by atoms with E-state index in [0.717, 1.165) is 0 Å². The SMILES string of the molecule is CC(=O)OC1OCC1(C)C(=N)N. The van der Waals surface area contributed by atoms with E-state index >= 15 is 0 Å². The number of esters is 1. The van der Waals surface area contributed by atoms with Crippen molar-refractivity contribution < 1.29 is 14.3 Å². The molecule has 0 bridgehead atoms. The highest BCUT2D eigenvalue weighted by Gasteiger charge is 2.49. The van der Waals surface area contributed by atoms with Gasteiger partial charge in [0.15, 0.2) is 0 Å². The van der Waals surface area contributed by atoms with E-state index in [1.165, 1.54) is 6.92 Å². The Balaban J connectivity index is 2.59. The predicted octanol–water partition coefficient (Wildman–Crippen LogP) is -0.152. The quantitative estimate of drug-likeness (QED) is 0.344. The first-order valence-corrected chi connectivity index (χ1v) is 3.60. The lowest BCUT2D eigenvalue weighted by Crippen LogP contribution is -2.58. The molecule has 0 aliphatic carbocycles. The first kappa shape index (κ1) is 8.99. The molecule has 5 nitrogen and oxygen atoms in total. The van der Waals surface area contributed by atoms with Crippen LogP contribution >= 0.6 is 0 Å². The van der Waals surface area contributed by atoms with Crippen molar-refractivity contribution in [1.82, 2.24) is 0 Å². The maximum atomic E-state index is 10.5. The van der Waals surface area contributed by atoms with Crippen LogP contribution in [-0.2, 0) is 14.3 Å². The summed E-state index contributed by atoms with van der Waals surface area (Å²) in [5.74, 6) is -0.438. The molecule has 0 saturated carbocycles. The van der Waals surface area contributed by atoms with Gasteiger partial charge in [0.2, 0.25) is 6.29 Å². The van der Waals surface area contributed by atoms with E-state index < -0.39 is 17.7 Å². The maximum Gasteiger partial charge on any atom is 0.304 e. The van der Waals surface area contributed by atoms with Crippen LogP contribution in [0.25, 0.3) is 0 Å². The van der Waals surface area contributed by atoms with Gasteiger partial charge in [-0.25, -0.2) is 0 Å². The van der Waals surface area contributed by atoms with Crippen molar-refractivity contribution in [2.45, 2.75) is 20.1 Å². The minimum absolute atomic E-state index is 0.0139. The van der Waals surface area contributed by atoms with Crippen molar-refractivity contribution in [2.75, 3.05) is 6.61 Å². The van der Waals surface area contributed by atoms with Crippen molar-refractivity contribution in [1.29, 1.82) is 5.41 Å². The number of carbonyl (C=O) groups is 1. The van der Waals surface area contributed by atoms with E-state index in [1.54, 1.807) is 6.92 Å². The van der Waals surface area contributed by atoms with Crippen LogP contribution < -0.4 is 5.73 Å². The summed E-state index contributed by atoms with van der Waals surface area (Å²) in [6.07, 6.45) is -0.688. The fraction of sp³-hybridized carbons (Fsp3) is 0.714. The smallest absolute Gasteiger partial charge is 0.304 e. The van der Waals surface area contributed by atoms with Gasteiger partial charge in [-0.2, -0.15) is 0 Å². The molecule has 3 N–H and O–H groups in total. The van der Waals surface area contributed by atoms with Crippen LogP contribution in [-0.4, -0.2) is 24.7 Å². The highest BCUT2D eigenvalue weighted by Crippen LogP contribution is 2.34. The molecular formula is C7H12N2O3. The molecule has 1 fully saturated rings. The molecule has 1 rings (SSSR count). The molecule has 2 atom stereocenters. The summed E-state index contributed by atoms with van der Waals surface area (Å²) >= 11 is 0. The predicted molar refractivity (Wildman–Crippen MR) is 41.5 cm³/mol. The normalized spacial score (nSPS) is 33.7. The molecule has 68 valence electrons. The van der Waals surface area contributed by atoms with E-state index in [9.17, 15) is 4.79 Å². The van der Waals surface area contributed by atoms with E-state index in [1.807, 2.05) is 0 Å². The summed E-state index contributed by atoms with van der Waals surface area (Å²) in [5, 5.41) is 7.23. The monoisotopic (exact) mass is 172 g/mol. The summed E-state index contributed by atoms with van der Waals surface area (Å²) in [7, 11) is 0. The number of nitrogens with one attached hydrogen (secondary N) is 1. The number of rotatable bonds is 2. The summed E-state index contributed by atoms with van der Waals surface area (Å²) in [6, 6.07) is 0. The number of ether oxygens (including phenoxy) is 2. The van der Waals surface area contributed by atoms with E-state index in [-0.39, 0.29) is 5.84 Å². The van der Waals surface area contributed by atoms with Gasteiger partial charge in [-0.05, 0) is 6.92 Å². The number of amidine groups is 1. The third kappa shape index (κ3) is 1.27. The average Bonchev–Trinajstić information content (AvgIpc) is 1.96. The van der Waals surface area contributed by atoms with Gasteiger partial charge in [-0.3, -0.25) is 10.2 Å². The Morgan fingerprint density at radius 2 is 2.42 bits per heavy atom. The van der Waals surface area contributed by atoms with Gasteiger partial charge in [0.1, 0.15) is 11.3 Å². The van der Waals surface area contributed by atoms with Crippen LogP contribution in [0, 0.1) is 10.8 Å². The molecular weight excluding hydrogens is 160 g/mol. The maximum absolute atomic E-state index is 10.5. The molecule has 0 aromatic rings. The summed E-state index contributed by atoms with van der Waals surface area (Å²) < 4.78 is 9.74. The third-order valence-electron chi connectivity index (χ3n) is 1.94. The van der Waals surface area contributed by atoms with E-state index in [2.05, 4.69) is 0 Å². The zero-order valence-corrected chi connectivity index (χ0v) is 7.09. The van der Waals surface area contributed by atoms with Crippen LogP contribution in [0.15, 0.2) is 0 Å². The van der Waals surface area contributed by atoms with Gasteiger partial charge in [0.25, 0.3) is 0 Å². The molecule has 1 aliphatic rings. The Hall–Kier alpha value is -1.10. The first-order valence-electron chi connectivity index (χ1n) is 3.60. The van der Waals surface area contributed by atoms with Crippen LogP contribution in [0.5, 0.6) is 0 Å². The molecule has 0 amide bonds. The zero-order valence-electron chi connectivity index (χ0n) is 7.09. The van der Waals surface area contributed by atoms with Gasteiger partial charge in [-0.15, -0.1) is 0 Å². The van der Waals surface area contributed by atoms with Crippen molar-refractivity contribution in [2.24, 2.45) is 11.1 Å². The summed E-state index contributed by atoms with van der Waals surface area (Å²) in [6.45, 7) is 3.36. The third-order valence-corrected chi connectivity index (χ3v) is 1.94. The summed E-state index contributed by atoms with van der Waals surface area (Å²) in [5.41, 5.74) is 4.68. The average molecular weight is 172 g/mol. The van der Waals surface area contributed by atoms with Crippen LogP contribution in [0.1, 0.15) is 13.8 Å². The first-order chi connectivity index (χ1) is 5.47. The Kier molecular flexibility index (Phi) is 2.06. The second-order valence-corrected chi connectivity index (χ2v) is 3.08. The molecule has 0 radical (unpaired) electrons. The second kappa shape index (κ2) is 2.75. The molecule has 0 aromatic heterocycles. The largest absolute Gasteiger partial charge is 0.435 e. The van der Waals surface area contributed by atoms with Crippen molar-refractivity contribution >= 4 is 11.8 Å². The zero-order chi connectivity index (χ0) is 9.35. The van der Waals surface area contributed by atoms with Crippen molar-refractivity contribution in [3.05, 3.63) is 0 Å². The Bertz CT molecular complexity index is 229. The lowest BCUT2D eigenvalue weighted by Gasteiger charge is -2.43. The number of carbonyl (C=O) groups excluding carboxylic acids is 1. The van der Waals surface area contributed by atoms with Crippen LogP contribution in [0.3, 0.4) is 0 Å².